The fourth-order valence-electron chi connectivity index (χ4n) is 0. The van der Waals surface area contributed by atoms with Crippen LogP contribution in [0, 0.1) is 0 Å². The van der Waals surface area contributed by atoms with Gasteiger partial charge < -0.3 is 0 Å². The maximum absolute atomic E-state index is 2.15. The van der Waals surface area contributed by atoms with E-state index < -0.39 is 0 Å². The first-order valence-electron chi connectivity index (χ1n) is 0.378. The largest absolute Gasteiger partial charge is 0.0901 e. The third-order valence-corrected chi connectivity index (χ3v) is 0. The molecule has 0 atom stereocenters. The van der Waals surface area contributed by atoms with Gasteiger partial charge in [-0.15, -0.1) is 0 Å². The summed E-state index contributed by atoms with van der Waals surface area (Å²) in [6.07, 6.45) is 0. The summed E-state index contributed by atoms with van der Waals surface area (Å²) in [5.41, 5.74) is 0. The molecule has 0 spiro atoms. The summed E-state index contributed by atoms with van der Waals surface area (Å²) in [5, 5.41) is 0. The monoisotopic (exact) mass is 235 g/mol. The van der Waals surface area contributed by atoms with Gasteiger partial charge in [0.15, 0.2) is 0 Å². The normalized spacial score (nSPS) is 1.50. The van der Waals surface area contributed by atoms with Gasteiger partial charge in [0.1, 0.15) is 0 Å². The molecule has 0 amide bonds. The third-order valence-electron chi connectivity index (χ3n) is 0. The van der Waals surface area contributed by atoms with Crippen molar-refractivity contribution in [1.29, 1.82) is 0 Å². The zero-order chi connectivity index (χ0) is 2.00. The number of alkyl halides is 1. The average molecular weight is 236 g/mol. The van der Waals surface area contributed by atoms with Gasteiger partial charge in [0.25, 0.3) is 0 Å². The molecule has 0 fully saturated rings. The molecule has 3 heteroatoms. The van der Waals surface area contributed by atoms with Crippen LogP contribution in [0.1, 0.15) is 0 Å². The van der Waals surface area contributed by atoms with Crippen molar-refractivity contribution in [1.82, 2.24) is 0 Å². The minimum atomic E-state index is 0. The molecule has 0 saturated carbocycles. The molecule has 0 aromatic heterocycles. The van der Waals surface area contributed by atoms with Crippen LogP contribution in [0.15, 0.2) is 0 Å². The molecular formula is CH3GaIMg. The summed E-state index contributed by atoms with van der Waals surface area (Å²) in [6, 6.07) is 0. The Labute approximate surface area is 69.5 Å². The molecule has 0 aromatic rings. The van der Waals surface area contributed by atoms with Crippen molar-refractivity contribution in [2.45, 2.75) is 0 Å². The minimum Gasteiger partial charge on any atom is -0.0901 e. The summed E-state index contributed by atoms with van der Waals surface area (Å²) in [6.45, 7) is 0. The minimum absolute atomic E-state index is 0. The summed E-state index contributed by atoms with van der Waals surface area (Å²) in [5.74, 6) is 0. The molecule has 0 saturated heterocycles. The van der Waals surface area contributed by atoms with Crippen molar-refractivity contribution in [2.75, 3.05) is 4.93 Å². The summed E-state index contributed by atoms with van der Waals surface area (Å²) < 4.78 is 0. The Kier molecular flexibility index (Phi) is 79.3. The molecule has 0 N–H and O–H groups in total. The van der Waals surface area contributed by atoms with Crippen LogP contribution in [-0.4, -0.2) is 47.8 Å². The average Bonchev–Trinajstić information content (AvgIpc) is 1.00. The van der Waals surface area contributed by atoms with E-state index in [0.717, 1.165) is 0 Å². The Morgan fingerprint density at radius 3 is 1.25 bits per heavy atom. The molecule has 4 heavy (non-hydrogen) atoms. The Bertz CT molecular complexity index is 8.00. The third kappa shape index (κ3) is 8.92. The van der Waals surface area contributed by atoms with Gasteiger partial charge in [-0.25, -0.2) is 0 Å². The zero-order valence-electron chi connectivity index (χ0n) is 2.66. The molecular weight excluding hydrogens is 233 g/mol. The van der Waals surface area contributed by atoms with Gasteiger partial charge in [-0.3, -0.25) is 0 Å². The maximum atomic E-state index is 2.15. The smallest absolute Gasteiger partial charge is 0 e. The topological polar surface area (TPSA) is 0 Å². The Morgan fingerprint density at radius 2 is 1.25 bits per heavy atom. The molecule has 0 unspecified atom stereocenters. The number of hydrogen-bond acceptors (Lipinski definition) is 0. The number of halogens is 1. The van der Waals surface area contributed by atoms with Crippen LogP contribution in [0.2, 0.25) is 0 Å². The van der Waals surface area contributed by atoms with E-state index in [2.05, 4.69) is 22.6 Å². The Hall–Kier alpha value is 2.13. The van der Waals surface area contributed by atoms with Crippen LogP contribution >= 0.6 is 22.6 Å². The van der Waals surface area contributed by atoms with E-state index in [1.807, 2.05) is 4.93 Å². The van der Waals surface area contributed by atoms with E-state index in [1.54, 1.807) is 0 Å². The van der Waals surface area contributed by atoms with Gasteiger partial charge in [-0.05, 0) is 4.93 Å². The van der Waals surface area contributed by atoms with Gasteiger partial charge in [0.05, 0.1) is 0 Å². The molecule has 0 heterocycles. The van der Waals surface area contributed by atoms with Crippen molar-refractivity contribution in [3.63, 3.8) is 0 Å². The van der Waals surface area contributed by atoms with Gasteiger partial charge >= 0.3 is 0 Å². The molecule has 0 rings (SSSR count). The number of rotatable bonds is 0. The van der Waals surface area contributed by atoms with Crippen LogP contribution < -0.4 is 0 Å². The van der Waals surface area contributed by atoms with Gasteiger partial charge in [-0.2, -0.15) is 0 Å². The van der Waals surface area contributed by atoms with Gasteiger partial charge in [0.2, 0.25) is 0 Å². The van der Waals surface area contributed by atoms with Crippen LogP contribution in [-0.2, 0) is 0 Å². The summed E-state index contributed by atoms with van der Waals surface area (Å²) >= 11 is 2.15. The van der Waals surface area contributed by atoms with E-state index >= 15 is 0 Å². The van der Waals surface area contributed by atoms with E-state index in [4.69, 9.17) is 0 Å². The molecule has 19 valence electrons. The van der Waals surface area contributed by atoms with Crippen molar-refractivity contribution < 1.29 is 0 Å². The predicted molar refractivity (Wildman–Crippen MR) is 31.5 cm³/mol. The molecule has 0 aliphatic heterocycles. The maximum Gasteiger partial charge on any atom is 0 e. The molecule has 5 radical (unpaired) electrons. The van der Waals surface area contributed by atoms with Crippen molar-refractivity contribution in [3.05, 3.63) is 0 Å². The Morgan fingerprint density at radius 1 is 1.25 bits per heavy atom. The fourth-order valence-corrected chi connectivity index (χ4v) is 0. The van der Waals surface area contributed by atoms with Gasteiger partial charge in [0, 0.05) is 42.8 Å². The fraction of sp³-hybridized carbons (Fsp3) is 1.00. The SMILES string of the molecule is CI.[Ga].[Mg]. The van der Waals surface area contributed by atoms with Crippen molar-refractivity contribution >= 4 is 65.4 Å². The van der Waals surface area contributed by atoms with E-state index in [1.165, 1.54) is 0 Å². The van der Waals surface area contributed by atoms with Crippen molar-refractivity contribution in [2.24, 2.45) is 0 Å². The second-order valence-corrected chi connectivity index (χ2v) is 0. The molecule has 0 aliphatic carbocycles. The molecule has 0 aliphatic rings. The first-order chi connectivity index (χ1) is 1.00. The van der Waals surface area contributed by atoms with Crippen LogP contribution in [0.5, 0.6) is 0 Å². The van der Waals surface area contributed by atoms with E-state index in [9.17, 15) is 0 Å². The molecule has 0 nitrogen and oxygen atoms in total. The number of hydrogen-bond donors (Lipinski definition) is 0. The second kappa shape index (κ2) is 19.3. The molecule has 0 bridgehead atoms. The van der Waals surface area contributed by atoms with Crippen LogP contribution in [0.3, 0.4) is 0 Å². The zero-order valence-corrected chi connectivity index (χ0v) is 8.66. The van der Waals surface area contributed by atoms with Gasteiger partial charge in [-0.1, -0.05) is 22.6 Å². The molecule has 0 aromatic carbocycles. The summed E-state index contributed by atoms with van der Waals surface area (Å²) in [7, 11) is 0. The van der Waals surface area contributed by atoms with E-state index in [-0.39, 0.29) is 42.8 Å². The quantitative estimate of drug-likeness (QED) is 0.322. The van der Waals surface area contributed by atoms with E-state index in [0.29, 0.717) is 0 Å². The van der Waals surface area contributed by atoms with Crippen LogP contribution in [0.25, 0.3) is 0 Å². The first-order valence-corrected chi connectivity index (χ1v) is 2.54. The second-order valence-electron chi connectivity index (χ2n) is 0. The first kappa shape index (κ1) is 16.5. The summed E-state index contributed by atoms with van der Waals surface area (Å²) in [4.78, 5) is 1.97. The predicted octanol–water partition coefficient (Wildman–Crippen LogP) is 0.290. The van der Waals surface area contributed by atoms with Crippen LogP contribution in [0.4, 0.5) is 0 Å². The Balaban J connectivity index is -0.00000000500. The standard InChI is InChI=1S/CH3I.Ga.Mg/c1-2;;/h1H3;;. The van der Waals surface area contributed by atoms with Crippen molar-refractivity contribution in [3.8, 4) is 0 Å².